The summed E-state index contributed by atoms with van der Waals surface area (Å²) in [5, 5.41) is 0. The quantitative estimate of drug-likeness (QED) is 0.784. The van der Waals surface area contributed by atoms with Crippen LogP contribution in [0.1, 0.15) is 29.3 Å². The molecule has 0 N–H and O–H groups in total. The lowest BCUT2D eigenvalue weighted by Gasteiger charge is -2.24. The monoisotopic (exact) mass is 298 g/mol. The highest BCUT2D eigenvalue weighted by Gasteiger charge is 2.27. The second-order valence-corrected chi connectivity index (χ2v) is 6.24. The molecule has 0 amide bonds. The standard InChI is InChI=1S/C18H18O2S/c1-2-6-13-7-5-8-14(11-13)18(19)16-12-21-17-10-4-3-9-15(17)20-16/h3-5,7-11,16H,2,6,12H2,1H3. The molecule has 1 aliphatic rings. The molecule has 0 radical (unpaired) electrons. The van der Waals surface area contributed by atoms with Gasteiger partial charge in [-0.15, -0.1) is 11.8 Å². The lowest BCUT2D eigenvalue weighted by Crippen LogP contribution is -2.32. The predicted octanol–water partition coefficient (Wildman–Crippen LogP) is 4.38. The number of rotatable bonds is 4. The van der Waals surface area contributed by atoms with Crippen LogP contribution < -0.4 is 4.74 Å². The molecular weight excluding hydrogens is 280 g/mol. The van der Waals surface area contributed by atoms with Gasteiger partial charge in [0.2, 0.25) is 5.78 Å². The summed E-state index contributed by atoms with van der Waals surface area (Å²) in [6, 6.07) is 15.8. The zero-order valence-electron chi connectivity index (χ0n) is 12.0. The van der Waals surface area contributed by atoms with Gasteiger partial charge in [-0.25, -0.2) is 0 Å². The van der Waals surface area contributed by atoms with Crippen molar-refractivity contribution in [3.63, 3.8) is 0 Å². The van der Waals surface area contributed by atoms with Gasteiger partial charge in [0.05, 0.1) is 0 Å². The maximum Gasteiger partial charge on any atom is 0.204 e. The van der Waals surface area contributed by atoms with Crippen molar-refractivity contribution in [2.45, 2.75) is 30.8 Å². The minimum atomic E-state index is -0.387. The van der Waals surface area contributed by atoms with Crippen molar-refractivity contribution in [3.8, 4) is 5.75 Å². The average Bonchev–Trinajstić information content (AvgIpc) is 2.54. The number of thioether (sulfide) groups is 1. The van der Waals surface area contributed by atoms with Gasteiger partial charge >= 0.3 is 0 Å². The van der Waals surface area contributed by atoms with Crippen LogP contribution >= 0.6 is 11.8 Å². The molecule has 0 saturated heterocycles. The van der Waals surface area contributed by atoms with E-state index in [0.717, 1.165) is 29.1 Å². The molecule has 0 fully saturated rings. The highest BCUT2D eigenvalue weighted by atomic mass is 32.2. The van der Waals surface area contributed by atoms with Crippen molar-refractivity contribution in [1.82, 2.24) is 0 Å². The topological polar surface area (TPSA) is 26.3 Å². The summed E-state index contributed by atoms with van der Waals surface area (Å²) in [6.45, 7) is 2.15. The Balaban J connectivity index is 1.79. The number of para-hydroxylation sites is 1. The van der Waals surface area contributed by atoms with Gasteiger partial charge in [0.25, 0.3) is 0 Å². The van der Waals surface area contributed by atoms with Crippen LogP contribution in [0, 0.1) is 0 Å². The Hall–Kier alpha value is -1.74. The van der Waals surface area contributed by atoms with Crippen LogP contribution in [-0.2, 0) is 6.42 Å². The van der Waals surface area contributed by atoms with E-state index in [0.29, 0.717) is 5.75 Å². The molecule has 0 saturated carbocycles. The first-order valence-electron chi connectivity index (χ1n) is 7.29. The van der Waals surface area contributed by atoms with E-state index >= 15 is 0 Å². The van der Waals surface area contributed by atoms with E-state index in [1.807, 2.05) is 42.5 Å². The zero-order chi connectivity index (χ0) is 14.7. The number of ketones is 1. The summed E-state index contributed by atoms with van der Waals surface area (Å²) >= 11 is 1.69. The summed E-state index contributed by atoms with van der Waals surface area (Å²) in [5.74, 6) is 1.57. The van der Waals surface area contributed by atoms with Crippen molar-refractivity contribution in [2.75, 3.05) is 5.75 Å². The van der Waals surface area contributed by atoms with Crippen molar-refractivity contribution in [3.05, 3.63) is 59.7 Å². The number of carbonyl (C=O) groups is 1. The van der Waals surface area contributed by atoms with Crippen LogP contribution in [0.2, 0.25) is 0 Å². The number of carbonyl (C=O) groups excluding carboxylic acids is 1. The predicted molar refractivity (Wildman–Crippen MR) is 86.3 cm³/mol. The van der Waals surface area contributed by atoms with E-state index in [9.17, 15) is 4.79 Å². The molecule has 108 valence electrons. The van der Waals surface area contributed by atoms with E-state index in [1.54, 1.807) is 11.8 Å². The minimum absolute atomic E-state index is 0.0787. The highest BCUT2D eigenvalue weighted by molar-refractivity contribution is 7.99. The number of hydrogen-bond acceptors (Lipinski definition) is 3. The Bertz CT molecular complexity index is 651. The van der Waals surface area contributed by atoms with Crippen molar-refractivity contribution >= 4 is 17.5 Å². The van der Waals surface area contributed by atoms with Crippen LogP contribution in [-0.4, -0.2) is 17.6 Å². The van der Waals surface area contributed by atoms with Crippen molar-refractivity contribution in [2.24, 2.45) is 0 Å². The van der Waals surface area contributed by atoms with Gasteiger partial charge < -0.3 is 4.74 Å². The molecule has 1 heterocycles. The van der Waals surface area contributed by atoms with E-state index < -0.39 is 0 Å². The third-order valence-electron chi connectivity index (χ3n) is 3.55. The van der Waals surface area contributed by atoms with Crippen LogP contribution in [0.15, 0.2) is 53.4 Å². The van der Waals surface area contributed by atoms with Gasteiger partial charge in [-0.1, -0.05) is 43.7 Å². The molecule has 3 heteroatoms. The molecule has 2 aromatic carbocycles. The third-order valence-corrected chi connectivity index (χ3v) is 4.67. The first kappa shape index (κ1) is 14.2. The molecule has 2 nitrogen and oxygen atoms in total. The maximum absolute atomic E-state index is 12.6. The lowest BCUT2D eigenvalue weighted by atomic mass is 10.0. The lowest BCUT2D eigenvalue weighted by molar-refractivity contribution is 0.0815. The SMILES string of the molecule is CCCc1cccc(C(=O)C2CSc3ccccc3O2)c1. The fourth-order valence-corrected chi connectivity index (χ4v) is 3.49. The van der Waals surface area contributed by atoms with Crippen LogP contribution in [0.25, 0.3) is 0 Å². The third kappa shape index (κ3) is 3.13. The molecule has 1 atom stereocenters. The Kier molecular flexibility index (Phi) is 4.30. The number of aryl methyl sites for hydroxylation is 1. The van der Waals surface area contributed by atoms with Crippen molar-refractivity contribution in [1.29, 1.82) is 0 Å². The maximum atomic E-state index is 12.6. The van der Waals surface area contributed by atoms with Gasteiger partial charge in [-0.3, -0.25) is 4.79 Å². The zero-order valence-corrected chi connectivity index (χ0v) is 12.9. The molecule has 0 bridgehead atoms. The summed E-state index contributed by atoms with van der Waals surface area (Å²) in [7, 11) is 0. The highest BCUT2D eigenvalue weighted by Crippen LogP contribution is 2.35. The van der Waals surface area contributed by atoms with E-state index in [-0.39, 0.29) is 11.9 Å². The Morgan fingerprint density at radius 2 is 2.10 bits per heavy atom. The minimum Gasteiger partial charge on any atom is -0.480 e. The molecule has 1 unspecified atom stereocenters. The Morgan fingerprint density at radius 1 is 1.24 bits per heavy atom. The van der Waals surface area contributed by atoms with Gasteiger partial charge in [0, 0.05) is 16.2 Å². The fraction of sp³-hybridized carbons (Fsp3) is 0.278. The average molecular weight is 298 g/mol. The first-order valence-corrected chi connectivity index (χ1v) is 8.28. The van der Waals surface area contributed by atoms with Crippen LogP contribution in [0.5, 0.6) is 5.75 Å². The van der Waals surface area contributed by atoms with Gasteiger partial charge in [0.1, 0.15) is 5.75 Å². The largest absolute Gasteiger partial charge is 0.480 e. The smallest absolute Gasteiger partial charge is 0.204 e. The van der Waals surface area contributed by atoms with Crippen LogP contribution in [0.4, 0.5) is 0 Å². The van der Waals surface area contributed by atoms with E-state index in [2.05, 4.69) is 13.0 Å². The molecule has 0 aliphatic carbocycles. The second-order valence-electron chi connectivity index (χ2n) is 5.18. The summed E-state index contributed by atoms with van der Waals surface area (Å²) in [6.07, 6.45) is 1.70. The second kappa shape index (κ2) is 6.35. The Labute approximate surface area is 129 Å². The molecule has 0 aromatic heterocycles. The number of ether oxygens (including phenoxy) is 1. The molecule has 0 spiro atoms. The molecule has 1 aliphatic heterocycles. The van der Waals surface area contributed by atoms with Gasteiger partial charge in [-0.05, 0) is 30.2 Å². The van der Waals surface area contributed by atoms with Crippen LogP contribution in [0.3, 0.4) is 0 Å². The van der Waals surface area contributed by atoms with E-state index in [4.69, 9.17) is 4.74 Å². The number of benzene rings is 2. The van der Waals surface area contributed by atoms with Gasteiger partial charge in [-0.2, -0.15) is 0 Å². The normalized spacial score (nSPS) is 16.9. The van der Waals surface area contributed by atoms with Gasteiger partial charge in [0.15, 0.2) is 6.10 Å². The summed E-state index contributed by atoms with van der Waals surface area (Å²) < 4.78 is 5.88. The molecule has 2 aromatic rings. The molecular formula is C18H18O2S. The molecule has 3 rings (SSSR count). The van der Waals surface area contributed by atoms with E-state index in [1.165, 1.54) is 5.56 Å². The fourth-order valence-electron chi connectivity index (χ4n) is 2.50. The summed E-state index contributed by atoms with van der Waals surface area (Å²) in [5.41, 5.74) is 1.97. The molecule has 21 heavy (non-hydrogen) atoms. The summed E-state index contributed by atoms with van der Waals surface area (Å²) in [4.78, 5) is 13.7. The van der Waals surface area contributed by atoms with Crippen molar-refractivity contribution < 1.29 is 9.53 Å². The Morgan fingerprint density at radius 3 is 2.95 bits per heavy atom. The number of hydrogen-bond donors (Lipinski definition) is 0. The number of Topliss-reactive ketones (excluding diaryl/α,β-unsaturated/α-hetero) is 1. The first-order chi connectivity index (χ1) is 10.3. The number of fused-ring (bicyclic) bond motifs is 1.